The molecule has 1 aliphatic carbocycles. The largest absolute Gasteiger partial charge is 0.367 e. The van der Waals surface area contributed by atoms with E-state index in [9.17, 15) is 17.2 Å². The van der Waals surface area contributed by atoms with Gasteiger partial charge >= 0.3 is 0 Å². The quantitative estimate of drug-likeness (QED) is 0.477. The summed E-state index contributed by atoms with van der Waals surface area (Å²) >= 11 is 0.751. The molecule has 1 saturated carbocycles. The van der Waals surface area contributed by atoms with Crippen molar-refractivity contribution in [1.82, 2.24) is 35.1 Å². The maximum Gasteiger partial charge on any atom is 0.291 e. The van der Waals surface area contributed by atoms with Crippen LogP contribution in [0.1, 0.15) is 37.0 Å². The molecule has 6 rings (SSSR count). The number of hydrogen-bond acceptors (Lipinski definition) is 10. The monoisotopic (exact) mass is 550 g/mol. The molecule has 3 fully saturated rings. The van der Waals surface area contributed by atoms with Crippen molar-refractivity contribution in [2.75, 3.05) is 44.2 Å². The van der Waals surface area contributed by atoms with Crippen LogP contribution in [0.2, 0.25) is 0 Å². The molecule has 2 aromatic heterocycles. The van der Waals surface area contributed by atoms with Crippen molar-refractivity contribution in [2.45, 2.75) is 49.6 Å². The Bertz CT molecular complexity index is 1460. The van der Waals surface area contributed by atoms with E-state index in [1.54, 1.807) is 13.0 Å². The van der Waals surface area contributed by atoms with Gasteiger partial charge in [0.1, 0.15) is 11.5 Å². The third-order valence-electron chi connectivity index (χ3n) is 7.29. The smallest absolute Gasteiger partial charge is 0.291 e. The molecular formula is C23H28F2N8O2S2. The average molecular weight is 551 g/mol. The number of aromatic nitrogens is 4. The van der Waals surface area contributed by atoms with E-state index in [2.05, 4.69) is 35.0 Å². The minimum atomic E-state index is -3.86. The number of nitrogens with one attached hydrogen (secondary N) is 2. The number of halogens is 2. The van der Waals surface area contributed by atoms with Gasteiger partial charge in [-0.3, -0.25) is 4.90 Å². The lowest BCUT2D eigenvalue weighted by atomic mass is 10.1. The van der Waals surface area contributed by atoms with Gasteiger partial charge in [0, 0.05) is 56.2 Å². The summed E-state index contributed by atoms with van der Waals surface area (Å²) < 4.78 is 56.4. The van der Waals surface area contributed by atoms with Crippen molar-refractivity contribution in [3.8, 4) is 10.7 Å². The zero-order chi connectivity index (χ0) is 25.9. The molecule has 2 saturated heterocycles. The van der Waals surface area contributed by atoms with E-state index in [4.69, 9.17) is 4.98 Å². The first-order chi connectivity index (χ1) is 17.6. The van der Waals surface area contributed by atoms with Gasteiger partial charge in [-0.2, -0.15) is 0 Å². The number of aryl methyl sites for hydroxylation is 1. The number of sulfonamides is 1. The Kier molecular flexibility index (Phi) is 6.14. The van der Waals surface area contributed by atoms with Crippen LogP contribution < -0.4 is 14.9 Å². The predicted molar refractivity (Wildman–Crippen MR) is 137 cm³/mol. The van der Waals surface area contributed by atoms with Crippen molar-refractivity contribution < 1.29 is 17.2 Å². The highest BCUT2D eigenvalue weighted by molar-refractivity contribution is 7.89. The van der Waals surface area contributed by atoms with Crippen molar-refractivity contribution in [3.05, 3.63) is 23.0 Å². The molecule has 14 heteroatoms. The van der Waals surface area contributed by atoms with Gasteiger partial charge in [-0.25, -0.2) is 31.9 Å². The normalized spacial score (nSPS) is 22.0. The first-order valence-corrected chi connectivity index (χ1v) is 14.6. The molecule has 37 heavy (non-hydrogen) atoms. The second-order valence-corrected chi connectivity index (χ2v) is 12.9. The number of piperazine rings is 2. The second-order valence-electron chi connectivity index (χ2n) is 10.2. The maximum atomic E-state index is 13.5. The van der Waals surface area contributed by atoms with E-state index >= 15 is 0 Å². The molecule has 198 valence electrons. The lowest BCUT2D eigenvalue weighted by molar-refractivity contribution is 0.146. The molecule has 0 amide bonds. The fourth-order valence-corrected chi connectivity index (χ4v) is 7.26. The molecule has 2 aliphatic heterocycles. The van der Waals surface area contributed by atoms with E-state index in [0.29, 0.717) is 47.2 Å². The van der Waals surface area contributed by atoms with Crippen LogP contribution in [0, 0.1) is 6.92 Å². The van der Waals surface area contributed by atoms with Crippen LogP contribution in [-0.2, 0) is 10.0 Å². The topological polar surface area (TPSA) is 116 Å². The summed E-state index contributed by atoms with van der Waals surface area (Å²) in [5, 5.41) is 11.3. The van der Waals surface area contributed by atoms with E-state index < -0.39 is 27.0 Å². The number of rotatable bonds is 6. The summed E-state index contributed by atoms with van der Waals surface area (Å²) in [4.78, 5) is 13.9. The summed E-state index contributed by atoms with van der Waals surface area (Å²) in [6.07, 6.45) is -1.20. The van der Waals surface area contributed by atoms with Gasteiger partial charge < -0.3 is 10.2 Å². The van der Waals surface area contributed by atoms with Crippen LogP contribution >= 0.6 is 11.3 Å². The Balaban J connectivity index is 1.52. The summed E-state index contributed by atoms with van der Waals surface area (Å²) in [5.74, 6) is 0.440. The van der Waals surface area contributed by atoms with Crippen LogP contribution in [0.15, 0.2) is 17.0 Å². The Labute approximate surface area is 217 Å². The molecule has 0 radical (unpaired) electrons. The summed E-state index contributed by atoms with van der Waals surface area (Å²) in [6.45, 7) is 8.67. The molecule has 3 aromatic rings. The van der Waals surface area contributed by atoms with Crippen molar-refractivity contribution in [2.24, 2.45) is 0 Å². The van der Waals surface area contributed by atoms with E-state index in [1.807, 2.05) is 6.92 Å². The van der Waals surface area contributed by atoms with Gasteiger partial charge in [0.05, 0.1) is 16.1 Å². The predicted octanol–water partition coefficient (Wildman–Crippen LogP) is 2.32. The van der Waals surface area contributed by atoms with Crippen LogP contribution in [-0.4, -0.2) is 84.3 Å². The van der Waals surface area contributed by atoms with E-state index in [0.717, 1.165) is 50.4 Å². The first kappa shape index (κ1) is 24.9. The average Bonchev–Trinajstić information content (AvgIpc) is 3.37. The molecule has 4 heterocycles. The fourth-order valence-electron chi connectivity index (χ4n) is 5.04. The third kappa shape index (κ3) is 4.80. The fraction of sp³-hybridized carbons (Fsp3) is 0.565. The zero-order valence-electron chi connectivity index (χ0n) is 20.5. The first-order valence-electron chi connectivity index (χ1n) is 12.3. The standard InChI is InChI=1S/C23H28F2N8O2S2/c1-13-27-18-16(19(28-13)21-29-30-22(36-21)20(24)25)9-15(37(34,35)31-23(2)3-4-23)10-17(18)33-8-7-32-6-5-26-11-14(32)12-33/h9-10,14,20,26,31H,3-8,11-12H2,1-2H3. The number of nitrogens with zero attached hydrogens (tertiary/aromatic N) is 6. The van der Waals surface area contributed by atoms with Gasteiger partial charge in [-0.05, 0) is 38.8 Å². The third-order valence-corrected chi connectivity index (χ3v) is 9.84. The van der Waals surface area contributed by atoms with Gasteiger partial charge in [-0.1, -0.05) is 11.3 Å². The number of benzene rings is 1. The summed E-state index contributed by atoms with van der Waals surface area (Å²) in [7, 11) is -3.86. The molecule has 0 bridgehead atoms. The Hall–Kier alpha value is -2.39. The molecular weight excluding hydrogens is 522 g/mol. The molecule has 3 aliphatic rings. The number of anilines is 1. The Morgan fingerprint density at radius 3 is 2.73 bits per heavy atom. The molecule has 1 aromatic carbocycles. The molecule has 2 N–H and O–H groups in total. The van der Waals surface area contributed by atoms with Gasteiger partial charge in [0.15, 0.2) is 10.0 Å². The van der Waals surface area contributed by atoms with E-state index in [-0.39, 0.29) is 9.90 Å². The summed E-state index contributed by atoms with van der Waals surface area (Å²) in [5.41, 5.74) is 1.12. The highest BCUT2D eigenvalue weighted by Gasteiger charge is 2.41. The van der Waals surface area contributed by atoms with Crippen molar-refractivity contribution in [1.29, 1.82) is 0 Å². The minimum absolute atomic E-state index is 0.0969. The summed E-state index contributed by atoms with van der Waals surface area (Å²) in [6, 6.07) is 3.51. The lowest BCUT2D eigenvalue weighted by Crippen LogP contribution is -2.61. The van der Waals surface area contributed by atoms with Crippen molar-refractivity contribution in [3.63, 3.8) is 0 Å². The number of alkyl halides is 2. The van der Waals surface area contributed by atoms with Crippen LogP contribution in [0.5, 0.6) is 0 Å². The van der Waals surface area contributed by atoms with Crippen LogP contribution in [0.4, 0.5) is 14.5 Å². The molecule has 0 spiro atoms. The highest BCUT2D eigenvalue weighted by Crippen LogP contribution is 2.40. The molecule has 10 nitrogen and oxygen atoms in total. The SMILES string of the molecule is Cc1nc(-c2nnc(C(F)F)s2)c2cc(S(=O)(=O)NC3(C)CC3)cc(N3CCN4CCNCC4C3)c2n1. The number of fused-ring (bicyclic) bond motifs is 2. The Morgan fingerprint density at radius 1 is 1.19 bits per heavy atom. The highest BCUT2D eigenvalue weighted by atomic mass is 32.2. The van der Waals surface area contributed by atoms with Crippen LogP contribution in [0.3, 0.4) is 0 Å². The van der Waals surface area contributed by atoms with Gasteiger partial charge in [0.25, 0.3) is 6.43 Å². The second kappa shape index (κ2) is 9.12. The molecule has 1 unspecified atom stereocenters. The molecule has 1 atom stereocenters. The minimum Gasteiger partial charge on any atom is -0.367 e. The zero-order valence-corrected chi connectivity index (χ0v) is 22.2. The van der Waals surface area contributed by atoms with E-state index in [1.165, 1.54) is 6.07 Å². The van der Waals surface area contributed by atoms with Crippen molar-refractivity contribution >= 4 is 38.0 Å². The Morgan fingerprint density at radius 2 is 2.00 bits per heavy atom. The lowest BCUT2D eigenvalue weighted by Gasteiger charge is -2.45. The number of hydrogen-bond donors (Lipinski definition) is 2. The maximum absolute atomic E-state index is 13.5. The van der Waals surface area contributed by atoms with Crippen LogP contribution in [0.25, 0.3) is 21.6 Å². The van der Waals surface area contributed by atoms with Gasteiger partial charge in [0.2, 0.25) is 10.0 Å². The van der Waals surface area contributed by atoms with Gasteiger partial charge in [-0.15, -0.1) is 10.2 Å².